The zero-order valence-electron chi connectivity index (χ0n) is 14.8. The fourth-order valence-corrected chi connectivity index (χ4v) is 4.06. The summed E-state index contributed by atoms with van der Waals surface area (Å²) in [6, 6.07) is -1.07. The first-order valence-electron chi connectivity index (χ1n) is 8.45. The number of rotatable bonds is 6. The topological polar surface area (TPSA) is 173 Å². The molecule has 2 aromatic heterocycles. The molecule has 142 valence electrons. The maximum atomic E-state index is 12.1. The minimum absolute atomic E-state index is 0.0271. The first-order valence-corrected chi connectivity index (χ1v) is 8.45. The molecule has 1 aliphatic rings. The van der Waals surface area contributed by atoms with E-state index in [-0.39, 0.29) is 24.0 Å². The highest BCUT2D eigenvalue weighted by molar-refractivity contribution is 5.74. The molecule has 2 heterocycles. The van der Waals surface area contributed by atoms with E-state index in [9.17, 15) is 19.8 Å². The Hall–Kier alpha value is -2.46. The smallest absolute Gasteiger partial charge is 0.321 e. The lowest BCUT2D eigenvalue weighted by atomic mass is 9.59. The fourth-order valence-electron chi connectivity index (χ4n) is 4.06. The van der Waals surface area contributed by atoms with E-state index in [0.29, 0.717) is 18.5 Å². The van der Waals surface area contributed by atoms with Crippen molar-refractivity contribution in [3.8, 4) is 0 Å². The van der Waals surface area contributed by atoms with Crippen LogP contribution in [0.2, 0.25) is 0 Å². The molecule has 1 saturated carbocycles. The van der Waals surface area contributed by atoms with Crippen molar-refractivity contribution in [3.63, 3.8) is 0 Å². The molecule has 0 spiro atoms. The SMILES string of the molecule is CC(C)(C[C@@]1(n2cnc3c(=O)[nH]c(N)nc32)CCC1CO)[C@@H](N)C(=O)O. The van der Waals surface area contributed by atoms with Crippen molar-refractivity contribution in [2.24, 2.45) is 17.1 Å². The number of aromatic nitrogens is 4. The average molecular weight is 364 g/mol. The molecule has 10 nitrogen and oxygen atoms in total. The van der Waals surface area contributed by atoms with Gasteiger partial charge in [0, 0.05) is 12.5 Å². The Labute approximate surface area is 149 Å². The molecule has 0 bridgehead atoms. The van der Waals surface area contributed by atoms with E-state index in [1.54, 1.807) is 18.4 Å². The molecule has 0 amide bonds. The van der Waals surface area contributed by atoms with E-state index in [1.807, 2.05) is 0 Å². The maximum absolute atomic E-state index is 12.1. The number of carboxylic acid groups (broad SMARTS) is 1. The van der Waals surface area contributed by atoms with E-state index in [0.717, 1.165) is 6.42 Å². The minimum Gasteiger partial charge on any atom is -0.480 e. The zero-order valence-corrected chi connectivity index (χ0v) is 14.8. The van der Waals surface area contributed by atoms with Gasteiger partial charge in [-0.3, -0.25) is 14.6 Å². The van der Waals surface area contributed by atoms with E-state index in [1.165, 1.54) is 6.33 Å². The fraction of sp³-hybridized carbons (Fsp3) is 0.625. The molecule has 3 atom stereocenters. The number of nitrogens with zero attached hydrogens (tertiary/aromatic N) is 3. The van der Waals surface area contributed by atoms with Gasteiger partial charge in [-0.05, 0) is 24.7 Å². The van der Waals surface area contributed by atoms with Gasteiger partial charge in [0.1, 0.15) is 6.04 Å². The summed E-state index contributed by atoms with van der Waals surface area (Å²) in [7, 11) is 0. The van der Waals surface area contributed by atoms with Crippen molar-refractivity contribution in [1.29, 1.82) is 0 Å². The van der Waals surface area contributed by atoms with Gasteiger partial charge in [0.05, 0.1) is 11.9 Å². The van der Waals surface area contributed by atoms with E-state index < -0.39 is 28.5 Å². The number of hydrogen-bond donors (Lipinski definition) is 5. The number of H-pyrrole nitrogens is 1. The van der Waals surface area contributed by atoms with Crippen LogP contribution in [0.4, 0.5) is 5.95 Å². The van der Waals surface area contributed by atoms with E-state index >= 15 is 0 Å². The predicted molar refractivity (Wildman–Crippen MR) is 94.4 cm³/mol. The second-order valence-electron chi connectivity index (χ2n) is 7.74. The molecule has 10 heteroatoms. The number of nitrogen functional groups attached to an aromatic ring is 1. The van der Waals surface area contributed by atoms with Crippen LogP contribution in [-0.4, -0.2) is 48.4 Å². The molecule has 2 aromatic rings. The van der Waals surface area contributed by atoms with Gasteiger partial charge in [0.25, 0.3) is 5.56 Å². The molecule has 0 radical (unpaired) electrons. The lowest BCUT2D eigenvalue weighted by molar-refractivity contribution is -0.142. The molecule has 0 saturated heterocycles. The third kappa shape index (κ3) is 2.65. The molecule has 1 aliphatic carbocycles. The van der Waals surface area contributed by atoms with Gasteiger partial charge < -0.3 is 26.2 Å². The number of aliphatic hydroxyl groups excluding tert-OH is 1. The Kier molecular flexibility index (Phi) is 4.27. The number of carbonyl (C=O) groups is 1. The number of aromatic amines is 1. The maximum Gasteiger partial charge on any atom is 0.321 e. The highest BCUT2D eigenvalue weighted by Crippen LogP contribution is 2.52. The van der Waals surface area contributed by atoms with Crippen molar-refractivity contribution in [2.75, 3.05) is 12.3 Å². The van der Waals surface area contributed by atoms with Crippen LogP contribution < -0.4 is 17.0 Å². The van der Waals surface area contributed by atoms with Crippen LogP contribution in [0, 0.1) is 11.3 Å². The number of imidazole rings is 1. The van der Waals surface area contributed by atoms with Crippen molar-refractivity contribution >= 4 is 23.1 Å². The van der Waals surface area contributed by atoms with Crippen LogP contribution in [0.5, 0.6) is 0 Å². The van der Waals surface area contributed by atoms with Crippen molar-refractivity contribution in [2.45, 2.75) is 44.7 Å². The quantitative estimate of drug-likeness (QED) is 0.461. The Morgan fingerprint density at radius 3 is 2.81 bits per heavy atom. The standard InChI is InChI=1S/C16H24N6O4/c1-15(2,10(17)13(25)26)6-16(4-3-8(16)5-23)22-7-19-9-11(22)20-14(18)21-12(9)24/h7-8,10,23H,3-6,17H2,1-2H3,(H,25,26)(H3,18,20,21,24)/t8?,10-,16-/m0/s1. The summed E-state index contributed by atoms with van der Waals surface area (Å²) in [6.07, 6.45) is 3.36. The first-order chi connectivity index (χ1) is 12.1. The normalized spacial score (nSPS) is 24.4. The number of hydrogen-bond acceptors (Lipinski definition) is 7. The number of nitrogens with two attached hydrogens (primary N) is 2. The Morgan fingerprint density at radius 2 is 2.27 bits per heavy atom. The van der Waals surface area contributed by atoms with Crippen LogP contribution in [0.25, 0.3) is 11.2 Å². The monoisotopic (exact) mass is 364 g/mol. The third-order valence-electron chi connectivity index (χ3n) is 5.68. The van der Waals surface area contributed by atoms with Crippen molar-refractivity contribution < 1.29 is 15.0 Å². The van der Waals surface area contributed by atoms with E-state index in [2.05, 4.69) is 15.0 Å². The molecule has 1 fully saturated rings. The van der Waals surface area contributed by atoms with Crippen LogP contribution >= 0.6 is 0 Å². The van der Waals surface area contributed by atoms with Crippen molar-refractivity contribution in [1.82, 2.24) is 19.5 Å². The summed E-state index contributed by atoms with van der Waals surface area (Å²) >= 11 is 0. The number of nitrogens with one attached hydrogen (secondary N) is 1. The highest BCUT2D eigenvalue weighted by atomic mass is 16.4. The summed E-state index contributed by atoms with van der Waals surface area (Å²) in [5.41, 5.74) is 10.2. The molecular formula is C16H24N6O4. The molecule has 0 aromatic carbocycles. The molecular weight excluding hydrogens is 340 g/mol. The summed E-state index contributed by atoms with van der Waals surface area (Å²) in [6.45, 7) is 3.50. The second-order valence-corrected chi connectivity index (χ2v) is 7.74. The summed E-state index contributed by atoms with van der Waals surface area (Å²) in [5.74, 6) is -1.23. The molecule has 0 aliphatic heterocycles. The van der Waals surface area contributed by atoms with Gasteiger partial charge in [-0.1, -0.05) is 13.8 Å². The van der Waals surface area contributed by atoms with Gasteiger partial charge in [-0.25, -0.2) is 4.98 Å². The highest BCUT2D eigenvalue weighted by Gasteiger charge is 2.53. The number of aliphatic carboxylic acids is 1. The summed E-state index contributed by atoms with van der Waals surface area (Å²) in [5, 5.41) is 19.2. The summed E-state index contributed by atoms with van der Waals surface area (Å²) in [4.78, 5) is 34.3. The first kappa shape index (κ1) is 18.3. The molecule has 26 heavy (non-hydrogen) atoms. The zero-order chi connectivity index (χ0) is 19.3. The van der Waals surface area contributed by atoms with Gasteiger partial charge in [0.15, 0.2) is 11.2 Å². The predicted octanol–water partition coefficient (Wildman–Crippen LogP) is -0.372. The van der Waals surface area contributed by atoms with Crippen LogP contribution in [0.1, 0.15) is 33.1 Å². The molecule has 3 rings (SSSR count). The number of aliphatic hydroxyl groups is 1. The van der Waals surface area contributed by atoms with Gasteiger partial charge in [0.2, 0.25) is 5.95 Å². The average Bonchev–Trinajstić information content (AvgIpc) is 2.95. The number of carboxylic acids is 1. The van der Waals surface area contributed by atoms with Crippen LogP contribution in [0.15, 0.2) is 11.1 Å². The van der Waals surface area contributed by atoms with Gasteiger partial charge in [-0.2, -0.15) is 4.98 Å². The van der Waals surface area contributed by atoms with Crippen molar-refractivity contribution in [3.05, 3.63) is 16.7 Å². The Balaban J connectivity index is 2.13. The lowest BCUT2D eigenvalue weighted by Crippen LogP contribution is -2.56. The van der Waals surface area contributed by atoms with Gasteiger partial charge in [-0.15, -0.1) is 0 Å². The minimum atomic E-state index is -1.08. The van der Waals surface area contributed by atoms with E-state index in [4.69, 9.17) is 11.5 Å². The van der Waals surface area contributed by atoms with Gasteiger partial charge >= 0.3 is 5.97 Å². The number of fused-ring (bicyclic) bond motifs is 1. The second kappa shape index (κ2) is 6.06. The third-order valence-corrected chi connectivity index (χ3v) is 5.68. The molecule has 1 unspecified atom stereocenters. The van der Waals surface area contributed by atoms with Crippen LogP contribution in [-0.2, 0) is 10.3 Å². The molecule has 7 N–H and O–H groups in total. The Morgan fingerprint density at radius 1 is 1.58 bits per heavy atom. The van der Waals surface area contributed by atoms with Crippen LogP contribution in [0.3, 0.4) is 0 Å². The largest absolute Gasteiger partial charge is 0.480 e. The number of anilines is 1. The summed E-state index contributed by atoms with van der Waals surface area (Å²) < 4.78 is 1.76. The lowest BCUT2D eigenvalue weighted by Gasteiger charge is -2.53. The Bertz CT molecular complexity index is 902.